The van der Waals surface area contributed by atoms with E-state index in [2.05, 4.69) is 17.0 Å². The Morgan fingerprint density at radius 3 is 2.88 bits per heavy atom. The summed E-state index contributed by atoms with van der Waals surface area (Å²) in [5, 5.41) is 0. The van der Waals surface area contributed by atoms with Gasteiger partial charge in [-0.15, -0.1) is 0 Å². The van der Waals surface area contributed by atoms with Gasteiger partial charge in [-0.05, 0) is 31.4 Å². The van der Waals surface area contributed by atoms with Crippen LogP contribution >= 0.6 is 0 Å². The quantitative estimate of drug-likeness (QED) is 0.836. The summed E-state index contributed by atoms with van der Waals surface area (Å²) in [6.07, 6.45) is 2.37. The number of pyridine rings is 1. The van der Waals surface area contributed by atoms with Gasteiger partial charge >= 0.3 is 0 Å². The fourth-order valence-electron chi connectivity index (χ4n) is 2.61. The largest absolute Gasteiger partial charge is 0.370 e. The molecule has 1 aromatic rings. The molecule has 2 aliphatic rings. The van der Waals surface area contributed by atoms with E-state index in [0.717, 1.165) is 37.8 Å². The second kappa shape index (κ2) is 4.63. The van der Waals surface area contributed by atoms with Crippen molar-refractivity contribution in [3.05, 3.63) is 23.4 Å². The molecule has 0 aliphatic carbocycles. The molecule has 0 amide bonds. The highest BCUT2D eigenvalue weighted by Crippen LogP contribution is 2.25. The van der Waals surface area contributed by atoms with Crippen molar-refractivity contribution < 1.29 is 4.74 Å². The number of aromatic nitrogens is 1. The van der Waals surface area contributed by atoms with E-state index in [0.29, 0.717) is 12.5 Å². The lowest BCUT2D eigenvalue weighted by molar-refractivity contribution is 0.133. The maximum Gasteiger partial charge on any atom is 0.128 e. The minimum absolute atomic E-state index is 0.669. The van der Waals surface area contributed by atoms with Crippen molar-refractivity contribution >= 4 is 5.82 Å². The first-order valence-electron chi connectivity index (χ1n) is 6.38. The van der Waals surface area contributed by atoms with Gasteiger partial charge in [0.1, 0.15) is 5.82 Å². The molecule has 17 heavy (non-hydrogen) atoms. The molecule has 0 unspecified atom stereocenters. The molecule has 1 fully saturated rings. The van der Waals surface area contributed by atoms with Crippen molar-refractivity contribution in [2.75, 3.05) is 24.5 Å². The lowest BCUT2D eigenvalue weighted by atomic mass is 9.97. The van der Waals surface area contributed by atoms with Crippen LogP contribution in [0.2, 0.25) is 0 Å². The van der Waals surface area contributed by atoms with Crippen molar-refractivity contribution in [3.8, 4) is 0 Å². The van der Waals surface area contributed by atoms with E-state index in [4.69, 9.17) is 15.5 Å². The average Bonchev–Trinajstić information content (AvgIpc) is 2.86. The topological polar surface area (TPSA) is 51.4 Å². The van der Waals surface area contributed by atoms with Gasteiger partial charge in [-0.2, -0.15) is 0 Å². The Morgan fingerprint density at radius 2 is 2.12 bits per heavy atom. The molecule has 0 bridgehead atoms. The summed E-state index contributed by atoms with van der Waals surface area (Å²) in [5.41, 5.74) is 8.07. The predicted molar refractivity (Wildman–Crippen MR) is 66.7 cm³/mol. The molecule has 1 aromatic heterocycles. The number of piperidine rings is 1. The van der Waals surface area contributed by atoms with Crippen LogP contribution in [-0.2, 0) is 18.0 Å². The average molecular weight is 233 g/mol. The smallest absolute Gasteiger partial charge is 0.128 e. The SMILES string of the molecule is NCC1CCN(c2ccc3c(n2)COC3)CC1. The summed E-state index contributed by atoms with van der Waals surface area (Å²) in [6, 6.07) is 4.27. The molecule has 3 heterocycles. The van der Waals surface area contributed by atoms with E-state index in [9.17, 15) is 0 Å². The monoisotopic (exact) mass is 233 g/mol. The fraction of sp³-hybridized carbons (Fsp3) is 0.615. The molecule has 2 N–H and O–H groups in total. The second-order valence-electron chi connectivity index (χ2n) is 4.93. The van der Waals surface area contributed by atoms with Crippen molar-refractivity contribution in [2.45, 2.75) is 26.1 Å². The molecule has 0 radical (unpaired) electrons. The molecule has 0 spiro atoms. The molecule has 4 nitrogen and oxygen atoms in total. The van der Waals surface area contributed by atoms with Crippen LogP contribution in [0.3, 0.4) is 0 Å². The molecular weight excluding hydrogens is 214 g/mol. The normalized spacial score (nSPS) is 20.6. The standard InChI is InChI=1S/C13H19N3O/c14-7-10-3-5-16(6-4-10)13-2-1-11-8-17-9-12(11)15-13/h1-2,10H,3-9,14H2. The Labute approximate surface area is 102 Å². The van der Waals surface area contributed by atoms with Crippen molar-refractivity contribution in [2.24, 2.45) is 11.7 Å². The van der Waals surface area contributed by atoms with E-state index < -0.39 is 0 Å². The number of nitrogens with zero attached hydrogens (tertiary/aromatic N) is 2. The van der Waals surface area contributed by atoms with Crippen LogP contribution in [0.15, 0.2) is 12.1 Å². The van der Waals surface area contributed by atoms with Crippen LogP contribution in [0, 0.1) is 5.92 Å². The minimum Gasteiger partial charge on any atom is -0.370 e. The van der Waals surface area contributed by atoms with E-state index in [-0.39, 0.29) is 0 Å². The van der Waals surface area contributed by atoms with Crippen molar-refractivity contribution in [3.63, 3.8) is 0 Å². The van der Waals surface area contributed by atoms with E-state index in [1.54, 1.807) is 0 Å². The molecule has 0 saturated carbocycles. The van der Waals surface area contributed by atoms with Crippen LogP contribution in [0.25, 0.3) is 0 Å². The highest BCUT2D eigenvalue weighted by Gasteiger charge is 2.20. The maximum atomic E-state index is 5.71. The number of ether oxygens (including phenoxy) is 1. The minimum atomic E-state index is 0.669. The highest BCUT2D eigenvalue weighted by atomic mass is 16.5. The Kier molecular flexibility index (Phi) is 2.99. The number of hydrogen-bond acceptors (Lipinski definition) is 4. The lowest BCUT2D eigenvalue weighted by Gasteiger charge is -2.32. The fourth-order valence-corrected chi connectivity index (χ4v) is 2.61. The summed E-state index contributed by atoms with van der Waals surface area (Å²) >= 11 is 0. The summed E-state index contributed by atoms with van der Waals surface area (Å²) in [4.78, 5) is 7.06. The number of rotatable bonds is 2. The Hall–Kier alpha value is -1.13. The number of anilines is 1. The van der Waals surface area contributed by atoms with Gasteiger partial charge in [0.25, 0.3) is 0 Å². The summed E-state index contributed by atoms with van der Waals surface area (Å²) in [6.45, 7) is 4.36. The lowest BCUT2D eigenvalue weighted by Crippen LogP contribution is -2.36. The van der Waals surface area contributed by atoms with Crippen LogP contribution in [-0.4, -0.2) is 24.6 Å². The van der Waals surface area contributed by atoms with Crippen LogP contribution < -0.4 is 10.6 Å². The van der Waals surface area contributed by atoms with Crippen LogP contribution in [0.5, 0.6) is 0 Å². The van der Waals surface area contributed by atoms with Gasteiger partial charge in [-0.3, -0.25) is 0 Å². The van der Waals surface area contributed by atoms with Crippen LogP contribution in [0.1, 0.15) is 24.1 Å². The van der Waals surface area contributed by atoms with Gasteiger partial charge in [-0.25, -0.2) is 4.98 Å². The second-order valence-corrected chi connectivity index (χ2v) is 4.93. The molecule has 1 saturated heterocycles. The molecule has 4 heteroatoms. The van der Waals surface area contributed by atoms with Gasteiger partial charge in [0.2, 0.25) is 0 Å². The summed E-state index contributed by atoms with van der Waals surface area (Å²) in [5.74, 6) is 1.80. The zero-order valence-corrected chi connectivity index (χ0v) is 10.1. The van der Waals surface area contributed by atoms with Crippen LogP contribution in [0.4, 0.5) is 5.82 Å². The van der Waals surface area contributed by atoms with Crippen molar-refractivity contribution in [1.82, 2.24) is 4.98 Å². The Balaban J connectivity index is 1.72. The Bertz CT molecular complexity index is 400. The third kappa shape index (κ3) is 2.15. The molecule has 3 rings (SSSR count). The zero-order valence-electron chi connectivity index (χ0n) is 10.1. The first-order valence-corrected chi connectivity index (χ1v) is 6.38. The highest BCUT2D eigenvalue weighted by molar-refractivity contribution is 5.42. The third-order valence-corrected chi connectivity index (χ3v) is 3.82. The van der Waals surface area contributed by atoms with E-state index in [1.807, 2.05) is 0 Å². The van der Waals surface area contributed by atoms with E-state index >= 15 is 0 Å². The van der Waals surface area contributed by atoms with E-state index in [1.165, 1.54) is 18.4 Å². The molecule has 2 aliphatic heterocycles. The summed E-state index contributed by atoms with van der Waals surface area (Å²) < 4.78 is 5.39. The predicted octanol–water partition coefficient (Wildman–Crippen LogP) is 1.29. The zero-order chi connectivity index (χ0) is 11.7. The number of hydrogen-bond donors (Lipinski definition) is 1. The maximum absolute atomic E-state index is 5.71. The van der Waals surface area contributed by atoms with Gasteiger partial charge in [0, 0.05) is 18.7 Å². The molecule has 0 aromatic carbocycles. The molecule has 92 valence electrons. The first kappa shape index (κ1) is 11.0. The summed E-state index contributed by atoms with van der Waals surface area (Å²) in [7, 11) is 0. The number of fused-ring (bicyclic) bond motifs is 1. The van der Waals surface area contributed by atoms with Gasteiger partial charge < -0.3 is 15.4 Å². The number of nitrogens with two attached hydrogens (primary N) is 1. The molecular formula is C13H19N3O. The first-order chi connectivity index (χ1) is 8.36. The Morgan fingerprint density at radius 1 is 1.29 bits per heavy atom. The van der Waals surface area contributed by atoms with Gasteiger partial charge in [0.15, 0.2) is 0 Å². The van der Waals surface area contributed by atoms with Gasteiger partial charge in [0.05, 0.1) is 18.9 Å². The molecule has 0 atom stereocenters. The van der Waals surface area contributed by atoms with Gasteiger partial charge in [-0.1, -0.05) is 6.07 Å². The van der Waals surface area contributed by atoms with Crippen molar-refractivity contribution in [1.29, 1.82) is 0 Å². The third-order valence-electron chi connectivity index (χ3n) is 3.82.